The van der Waals surface area contributed by atoms with E-state index in [-0.39, 0.29) is 11.4 Å². The predicted octanol–water partition coefficient (Wildman–Crippen LogP) is 5.63. The molecule has 150 valence electrons. The fourth-order valence-electron chi connectivity index (χ4n) is 3.23. The number of hydrogen-bond donors (Lipinski definition) is 1. The van der Waals surface area contributed by atoms with E-state index in [1.165, 1.54) is 0 Å². The Morgan fingerprint density at radius 2 is 1.00 bits per heavy atom. The van der Waals surface area contributed by atoms with Crippen molar-refractivity contribution in [2.75, 3.05) is 4.90 Å². The van der Waals surface area contributed by atoms with E-state index in [1.54, 1.807) is 30.3 Å². The molecule has 4 aromatic rings. The minimum absolute atomic E-state index is 0.230. The Labute approximate surface area is 177 Å². The van der Waals surface area contributed by atoms with Gasteiger partial charge in [-0.25, -0.2) is 13.1 Å². The zero-order valence-corrected chi connectivity index (χ0v) is 17.2. The third kappa shape index (κ3) is 4.59. The van der Waals surface area contributed by atoms with Crippen molar-refractivity contribution >= 4 is 27.1 Å². The standard InChI is InChI=1S/C25H22N2O2S/c28-30(29,25-14-8-3-9-15-25)26-20-21-16-18-24(19-17-21)27(22-10-4-1-5-11-22)23-12-6-2-7-13-23/h1-19,26H,20H2. The van der Waals surface area contributed by atoms with Gasteiger partial charge in [0.15, 0.2) is 0 Å². The average Bonchev–Trinajstić information content (AvgIpc) is 2.81. The first-order valence-electron chi connectivity index (χ1n) is 9.67. The molecule has 0 spiro atoms. The van der Waals surface area contributed by atoms with E-state index in [4.69, 9.17) is 0 Å². The number of rotatable bonds is 7. The molecular formula is C25H22N2O2S. The molecule has 4 rings (SSSR count). The van der Waals surface area contributed by atoms with E-state index in [1.807, 2.05) is 60.7 Å². The van der Waals surface area contributed by atoms with E-state index >= 15 is 0 Å². The highest BCUT2D eigenvalue weighted by molar-refractivity contribution is 7.89. The minimum Gasteiger partial charge on any atom is -0.311 e. The molecule has 30 heavy (non-hydrogen) atoms. The van der Waals surface area contributed by atoms with E-state index < -0.39 is 10.0 Å². The Hall–Kier alpha value is -3.41. The first kappa shape index (κ1) is 19.9. The highest BCUT2D eigenvalue weighted by atomic mass is 32.2. The smallest absolute Gasteiger partial charge is 0.240 e. The molecule has 0 heterocycles. The summed E-state index contributed by atoms with van der Waals surface area (Å²) >= 11 is 0. The van der Waals surface area contributed by atoms with Gasteiger partial charge in [0, 0.05) is 23.6 Å². The van der Waals surface area contributed by atoms with Crippen LogP contribution in [0.1, 0.15) is 5.56 Å². The minimum atomic E-state index is -3.53. The van der Waals surface area contributed by atoms with Gasteiger partial charge in [0.25, 0.3) is 0 Å². The van der Waals surface area contributed by atoms with Crippen LogP contribution in [0.25, 0.3) is 0 Å². The molecule has 1 N–H and O–H groups in total. The number of anilines is 3. The summed E-state index contributed by atoms with van der Waals surface area (Å²) in [5, 5.41) is 0. The van der Waals surface area contributed by atoms with Gasteiger partial charge < -0.3 is 4.90 Å². The van der Waals surface area contributed by atoms with Crippen molar-refractivity contribution in [3.63, 3.8) is 0 Å². The van der Waals surface area contributed by atoms with Crippen LogP contribution in [-0.4, -0.2) is 8.42 Å². The molecule has 0 bridgehead atoms. The molecule has 0 aliphatic carbocycles. The summed E-state index contributed by atoms with van der Waals surface area (Å²) in [5.41, 5.74) is 4.00. The maximum absolute atomic E-state index is 12.4. The van der Waals surface area contributed by atoms with Crippen molar-refractivity contribution in [1.29, 1.82) is 0 Å². The second-order valence-electron chi connectivity index (χ2n) is 6.81. The SMILES string of the molecule is O=S(=O)(NCc1ccc(N(c2ccccc2)c2ccccc2)cc1)c1ccccc1. The second kappa shape index (κ2) is 8.95. The Bertz CT molecular complexity index is 1140. The highest BCUT2D eigenvalue weighted by Gasteiger charge is 2.14. The summed E-state index contributed by atoms with van der Waals surface area (Å²) in [4.78, 5) is 2.43. The molecule has 0 aromatic heterocycles. The zero-order chi connectivity index (χ0) is 20.8. The predicted molar refractivity (Wildman–Crippen MR) is 122 cm³/mol. The Balaban J connectivity index is 1.56. The Morgan fingerprint density at radius 1 is 0.567 bits per heavy atom. The van der Waals surface area contributed by atoms with Gasteiger partial charge >= 0.3 is 0 Å². The van der Waals surface area contributed by atoms with E-state index in [9.17, 15) is 8.42 Å². The lowest BCUT2D eigenvalue weighted by molar-refractivity contribution is 0.581. The summed E-state index contributed by atoms with van der Waals surface area (Å²) < 4.78 is 27.5. The van der Waals surface area contributed by atoms with Crippen LogP contribution in [0, 0.1) is 0 Å². The first-order chi connectivity index (χ1) is 14.6. The van der Waals surface area contributed by atoms with Gasteiger partial charge in [-0.05, 0) is 54.1 Å². The third-order valence-electron chi connectivity index (χ3n) is 4.74. The average molecular weight is 415 g/mol. The topological polar surface area (TPSA) is 49.4 Å². The number of nitrogens with zero attached hydrogens (tertiary/aromatic N) is 1. The van der Waals surface area contributed by atoms with Crippen molar-refractivity contribution in [3.05, 3.63) is 121 Å². The number of hydrogen-bond acceptors (Lipinski definition) is 3. The molecule has 0 aliphatic rings. The summed E-state index contributed by atoms with van der Waals surface area (Å²) in [6, 6.07) is 36.6. The van der Waals surface area contributed by atoms with Gasteiger partial charge in [0.2, 0.25) is 10.0 Å². The van der Waals surface area contributed by atoms with E-state index in [2.05, 4.69) is 33.9 Å². The fraction of sp³-hybridized carbons (Fsp3) is 0.0400. The van der Waals surface area contributed by atoms with Crippen LogP contribution in [0.3, 0.4) is 0 Å². The van der Waals surface area contributed by atoms with Crippen LogP contribution in [0.15, 0.2) is 120 Å². The van der Waals surface area contributed by atoms with Gasteiger partial charge in [-0.2, -0.15) is 0 Å². The van der Waals surface area contributed by atoms with Crippen molar-refractivity contribution in [1.82, 2.24) is 4.72 Å². The summed E-state index contributed by atoms with van der Waals surface area (Å²) in [6.45, 7) is 0.230. The van der Waals surface area contributed by atoms with Crippen molar-refractivity contribution in [2.24, 2.45) is 0 Å². The summed E-state index contributed by atoms with van der Waals surface area (Å²) in [5.74, 6) is 0. The van der Waals surface area contributed by atoms with Crippen LogP contribution in [0.5, 0.6) is 0 Å². The lowest BCUT2D eigenvalue weighted by atomic mass is 10.1. The van der Waals surface area contributed by atoms with Crippen LogP contribution >= 0.6 is 0 Å². The van der Waals surface area contributed by atoms with Crippen molar-refractivity contribution in [2.45, 2.75) is 11.4 Å². The number of para-hydroxylation sites is 2. The number of sulfonamides is 1. The number of benzene rings is 4. The molecule has 0 fully saturated rings. The Morgan fingerprint density at radius 3 is 1.50 bits per heavy atom. The molecule has 0 atom stereocenters. The quantitative estimate of drug-likeness (QED) is 0.426. The molecule has 0 aliphatic heterocycles. The molecule has 4 aromatic carbocycles. The van der Waals surface area contributed by atoms with Gasteiger partial charge in [-0.3, -0.25) is 0 Å². The zero-order valence-electron chi connectivity index (χ0n) is 16.3. The lowest BCUT2D eigenvalue weighted by Gasteiger charge is -2.25. The third-order valence-corrected chi connectivity index (χ3v) is 6.16. The van der Waals surface area contributed by atoms with Gasteiger partial charge in [-0.15, -0.1) is 0 Å². The van der Waals surface area contributed by atoms with Crippen molar-refractivity contribution < 1.29 is 8.42 Å². The molecule has 0 amide bonds. The summed E-state index contributed by atoms with van der Waals surface area (Å²) in [6.07, 6.45) is 0. The van der Waals surface area contributed by atoms with E-state index in [0.717, 1.165) is 22.6 Å². The highest BCUT2D eigenvalue weighted by Crippen LogP contribution is 2.34. The molecular weight excluding hydrogens is 392 g/mol. The maximum atomic E-state index is 12.4. The summed E-state index contributed by atoms with van der Waals surface area (Å²) in [7, 11) is -3.53. The van der Waals surface area contributed by atoms with Crippen LogP contribution in [0.4, 0.5) is 17.1 Å². The van der Waals surface area contributed by atoms with Gasteiger partial charge in [0.1, 0.15) is 0 Å². The molecule has 0 saturated heterocycles. The fourth-order valence-corrected chi connectivity index (χ4v) is 4.26. The molecule has 0 saturated carbocycles. The largest absolute Gasteiger partial charge is 0.311 e. The van der Waals surface area contributed by atoms with Crippen molar-refractivity contribution in [3.8, 4) is 0 Å². The van der Waals surface area contributed by atoms with Crippen LogP contribution in [0.2, 0.25) is 0 Å². The monoisotopic (exact) mass is 414 g/mol. The van der Waals surface area contributed by atoms with E-state index in [0.29, 0.717) is 0 Å². The molecule has 5 heteroatoms. The number of nitrogens with one attached hydrogen (secondary N) is 1. The van der Waals surface area contributed by atoms with Gasteiger partial charge in [0.05, 0.1) is 4.90 Å². The van der Waals surface area contributed by atoms with Gasteiger partial charge in [-0.1, -0.05) is 66.7 Å². The van der Waals surface area contributed by atoms with Crippen LogP contribution in [-0.2, 0) is 16.6 Å². The lowest BCUT2D eigenvalue weighted by Crippen LogP contribution is -2.23. The molecule has 4 nitrogen and oxygen atoms in total. The second-order valence-corrected chi connectivity index (χ2v) is 8.58. The first-order valence-corrected chi connectivity index (χ1v) is 11.2. The molecule has 0 unspecified atom stereocenters. The Kier molecular flexibility index (Phi) is 5.93. The molecule has 0 radical (unpaired) electrons. The maximum Gasteiger partial charge on any atom is 0.240 e. The van der Waals surface area contributed by atoms with Crippen LogP contribution < -0.4 is 9.62 Å². The normalized spacial score (nSPS) is 11.2.